The average molecular weight is 187 g/mol. The molecule has 0 unspecified atom stereocenters. The van der Waals surface area contributed by atoms with Gasteiger partial charge in [0.15, 0.2) is 0 Å². The molecule has 0 fully saturated rings. The number of aliphatic hydroxyl groups is 1. The van der Waals surface area contributed by atoms with Gasteiger partial charge in [0, 0.05) is 0 Å². The van der Waals surface area contributed by atoms with E-state index in [-0.39, 0.29) is 12.6 Å². The van der Waals surface area contributed by atoms with Gasteiger partial charge >= 0.3 is 0 Å². The van der Waals surface area contributed by atoms with Crippen LogP contribution in [0.1, 0.15) is 11.6 Å². The maximum absolute atomic E-state index is 8.75. The second kappa shape index (κ2) is 3.76. The topological polar surface area (TPSA) is 72.3 Å². The molecule has 1 atom stereocenters. The molecule has 0 spiro atoms. The Labute approximate surface area is 75.9 Å². The van der Waals surface area contributed by atoms with Crippen molar-refractivity contribution in [3.63, 3.8) is 0 Å². The number of halogens is 1. The van der Waals surface area contributed by atoms with Gasteiger partial charge in [-0.3, -0.25) is 0 Å². The van der Waals surface area contributed by atoms with Crippen LogP contribution in [0.3, 0.4) is 0 Å². The Hall–Kier alpha value is -0.770. The number of benzene rings is 1. The maximum atomic E-state index is 8.75. The third-order valence-electron chi connectivity index (χ3n) is 1.64. The Kier molecular flexibility index (Phi) is 2.92. The highest BCUT2D eigenvalue weighted by Crippen LogP contribution is 2.21. The minimum absolute atomic E-state index is 0.0962. The lowest BCUT2D eigenvalue weighted by atomic mass is 10.1. The van der Waals surface area contributed by atoms with E-state index in [1.165, 1.54) is 0 Å². The molecule has 0 bridgehead atoms. The Morgan fingerprint density at radius 3 is 2.67 bits per heavy atom. The van der Waals surface area contributed by atoms with Gasteiger partial charge in [-0.25, -0.2) is 0 Å². The molecule has 1 aromatic carbocycles. The predicted octanol–water partition coefficient (Wildman–Crippen LogP) is 0.914. The monoisotopic (exact) mass is 186 g/mol. The fourth-order valence-corrected chi connectivity index (χ4v) is 1.02. The lowest BCUT2D eigenvalue weighted by Crippen LogP contribution is -2.14. The van der Waals surface area contributed by atoms with Crippen molar-refractivity contribution < 1.29 is 5.11 Å². The van der Waals surface area contributed by atoms with E-state index in [2.05, 4.69) is 0 Å². The van der Waals surface area contributed by atoms with Gasteiger partial charge in [0.25, 0.3) is 0 Å². The number of nitrogens with two attached hydrogens (primary N) is 2. The van der Waals surface area contributed by atoms with Gasteiger partial charge in [-0.1, -0.05) is 17.7 Å². The van der Waals surface area contributed by atoms with Crippen molar-refractivity contribution in [3.8, 4) is 0 Å². The second-order valence-electron chi connectivity index (χ2n) is 2.57. The number of nitrogen functional groups attached to an aromatic ring is 1. The molecule has 0 heterocycles. The van der Waals surface area contributed by atoms with Crippen LogP contribution in [0.15, 0.2) is 18.2 Å². The van der Waals surface area contributed by atoms with Crippen molar-refractivity contribution in [2.45, 2.75) is 6.04 Å². The molecule has 4 heteroatoms. The summed E-state index contributed by atoms with van der Waals surface area (Å²) in [5.41, 5.74) is 12.4. The molecule has 0 aliphatic heterocycles. The highest BCUT2D eigenvalue weighted by molar-refractivity contribution is 6.33. The minimum atomic E-state index is -0.385. The quantitative estimate of drug-likeness (QED) is 0.602. The summed E-state index contributed by atoms with van der Waals surface area (Å²) >= 11 is 5.70. The normalized spacial score (nSPS) is 12.9. The molecule has 0 radical (unpaired) electrons. The number of hydrogen-bond acceptors (Lipinski definition) is 3. The van der Waals surface area contributed by atoms with E-state index in [1.807, 2.05) is 0 Å². The van der Waals surface area contributed by atoms with E-state index in [9.17, 15) is 0 Å². The first-order valence-electron chi connectivity index (χ1n) is 3.56. The van der Waals surface area contributed by atoms with E-state index in [0.717, 1.165) is 5.56 Å². The summed E-state index contributed by atoms with van der Waals surface area (Å²) in [5, 5.41) is 9.25. The summed E-state index contributed by atoms with van der Waals surface area (Å²) in [5.74, 6) is 0. The van der Waals surface area contributed by atoms with Gasteiger partial charge in [-0.15, -0.1) is 0 Å². The van der Waals surface area contributed by atoms with Gasteiger partial charge in [0.1, 0.15) is 0 Å². The summed E-state index contributed by atoms with van der Waals surface area (Å²) in [6.45, 7) is -0.0962. The van der Waals surface area contributed by atoms with E-state index in [4.69, 9.17) is 28.2 Å². The van der Waals surface area contributed by atoms with Gasteiger partial charge in [-0.2, -0.15) is 0 Å². The highest BCUT2D eigenvalue weighted by Gasteiger charge is 2.05. The van der Waals surface area contributed by atoms with Crippen molar-refractivity contribution in [2.24, 2.45) is 5.73 Å². The average Bonchev–Trinajstić information content (AvgIpc) is 2.08. The Morgan fingerprint density at radius 1 is 1.50 bits per heavy atom. The molecule has 5 N–H and O–H groups in total. The fraction of sp³-hybridized carbons (Fsp3) is 0.250. The van der Waals surface area contributed by atoms with E-state index >= 15 is 0 Å². The summed E-state index contributed by atoms with van der Waals surface area (Å²) in [4.78, 5) is 0. The van der Waals surface area contributed by atoms with Crippen molar-refractivity contribution in [2.75, 3.05) is 12.3 Å². The summed E-state index contributed by atoms with van der Waals surface area (Å²) in [6.07, 6.45) is 0. The van der Waals surface area contributed by atoms with Crippen LogP contribution in [-0.2, 0) is 0 Å². The molecule has 0 aliphatic rings. The zero-order valence-electron chi connectivity index (χ0n) is 6.50. The van der Waals surface area contributed by atoms with Crippen molar-refractivity contribution in [3.05, 3.63) is 28.8 Å². The molecular weight excluding hydrogens is 176 g/mol. The van der Waals surface area contributed by atoms with Crippen LogP contribution in [0.25, 0.3) is 0 Å². The van der Waals surface area contributed by atoms with Crippen molar-refractivity contribution >= 4 is 17.3 Å². The number of anilines is 1. The SMILES string of the molecule is Nc1cc([C@H](N)CO)ccc1Cl. The smallest absolute Gasteiger partial charge is 0.0635 e. The summed E-state index contributed by atoms with van der Waals surface area (Å²) in [7, 11) is 0. The van der Waals surface area contributed by atoms with E-state index < -0.39 is 0 Å². The maximum Gasteiger partial charge on any atom is 0.0635 e. The molecule has 0 aromatic heterocycles. The van der Waals surface area contributed by atoms with Gasteiger partial charge < -0.3 is 16.6 Å². The molecule has 0 aliphatic carbocycles. The molecule has 12 heavy (non-hydrogen) atoms. The van der Waals surface area contributed by atoms with Crippen LogP contribution >= 0.6 is 11.6 Å². The van der Waals surface area contributed by atoms with Crippen LogP contribution in [0, 0.1) is 0 Å². The van der Waals surface area contributed by atoms with E-state index in [0.29, 0.717) is 10.7 Å². The highest BCUT2D eigenvalue weighted by atomic mass is 35.5. The van der Waals surface area contributed by atoms with E-state index in [1.54, 1.807) is 18.2 Å². The standard InChI is InChI=1S/C8H11ClN2O/c9-6-2-1-5(3-7(6)10)8(11)4-12/h1-3,8,12H,4,10-11H2/t8-/m1/s1. The lowest BCUT2D eigenvalue weighted by Gasteiger charge is -2.09. The lowest BCUT2D eigenvalue weighted by molar-refractivity contribution is 0.268. The first kappa shape index (κ1) is 9.32. The Balaban J connectivity index is 2.96. The molecule has 1 rings (SSSR count). The summed E-state index contributed by atoms with van der Waals surface area (Å²) < 4.78 is 0. The predicted molar refractivity (Wildman–Crippen MR) is 49.9 cm³/mol. The molecule has 0 amide bonds. The fourth-order valence-electron chi connectivity index (χ4n) is 0.898. The number of rotatable bonds is 2. The molecular formula is C8H11ClN2O. The Bertz CT molecular complexity index is 278. The molecule has 0 saturated carbocycles. The van der Waals surface area contributed by atoms with Crippen LogP contribution in [0.4, 0.5) is 5.69 Å². The Morgan fingerprint density at radius 2 is 2.17 bits per heavy atom. The third-order valence-corrected chi connectivity index (χ3v) is 1.99. The van der Waals surface area contributed by atoms with Gasteiger partial charge in [-0.05, 0) is 17.7 Å². The first-order valence-corrected chi connectivity index (χ1v) is 3.94. The van der Waals surface area contributed by atoms with Crippen LogP contribution < -0.4 is 11.5 Å². The third kappa shape index (κ3) is 1.88. The number of hydrogen-bond donors (Lipinski definition) is 3. The van der Waals surface area contributed by atoms with Crippen LogP contribution in [-0.4, -0.2) is 11.7 Å². The van der Waals surface area contributed by atoms with Crippen LogP contribution in [0.2, 0.25) is 5.02 Å². The number of aliphatic hydroxyl groups excluding tert-OH is 1. The van der Waals surface area contributed by atoms with Crippen molar-refractivity contribution in [1.29, 1.82) is 0 Å². The molecule has 3 nitrogen and oxygen atoms in total. The van der Waals surface area contributed by atoms with Crippen LogP contribution in [0.5, 0.6) is 0 Å². The van der Waals surface area contributed by atoms with Gasteiger partial charge in [0.05, 0.1) is 23.4 Å². The van der Waals surface area contributed by atoms with Crippen molar-refractivity contribution in [1.82, 2.24) is 0 Å². The van der Waals surface area contributed by atoms with Gasteiger partial charge in [0.2, 0.25) is 0 Å². The largest absolute Gasteiger partial charge is 0.398 e. The molecule has 0 saturated heterocycles. The zero-order valence-corrected chi connectivity index (χ0v) is 7.25. The molecule has 1 aromatic rings. The minimum Gasteiger partial charge on any atom is -0.398 e. The summed E-state index contributed by atoms with van der Waals surface area (Å²) in [6, 6.07) is 4.70. The zero-order chi connectivity index (χ0) is 9.14. The second-order valence-corrected chi connectivity index (χ2v) is 2.98. The molecule has 66 valence electrons. The first-order chi connectivity index (χ1) is 5.65.